The summed E-state index contributed by atoms with van der Waals surface area (Å²) in [6.07, 6.45) is 3.41. The van der Waals surface area contributed by atoms with Gasteiger partial charge in [0.1, 0.15) is 0 Å². The molecule has 0 bridgehead atoms. The van der Waals surface area contributed by atoms with Gasteiger partial charge in [-0.15, -0.1) is 0 Å². The van der Waals surface area contributed by atoms with Crippen molar-refractivity contribution in [3.63, 3.8) is 0 Å². The Hall–Kier alpha value is 1.40. The SMILES string of the molecule is CSCCSCSCCCS. The summed E-state index contributed by atoms with van der Waals surface area (Å²) in [5.41, 5.74) is 0. The summed E-state index contributed by atoms with van der Waals surface area (Å²) in [5, 5.41) is 1.26. The quantitative estimate of drug-likeness (QED) is 0.385. The summed E-state index contributed by atoms with van der Waals surface area (Å²) in [7, 11) is 0. The van der Waals surface area contributed by atoms with E-state index in [9.17, 15) is 0 Å². The maximum Gasteiger partial charge on any atom is 0.0392 e. The Morgan fingerprint density at radius 2 is 1.82 bits per heavy atom. The maximum absolute atomic E-state index is 4.16. The van der Waals surface area contributed by atoms with Crippen LogP contribution in [-0.2, 0) is 0 Å². The van der Waals surface area contributed by atoms with Crippen molar-refractivity contribution in [2.24, 2.45) is 0 Å². The molecule has 0 saturated heterocycles. The average Bonchev–Trinajstić information content (AvgIpc) is 2.03. The summed E-state index contributed by atoms with van der Waals surface area (Å²) in [4.78, 5) is 0. The van der Waals surface area contributed by atoms with Crippen molar-refractivity contribution in [2.45, 2.75) is 6.42 Å². The first-order chi connectivity index (χ1) is 5.41. The highest BCUT2D eigenvalue weighted by molar-refractivity contribution is 8.16. The van der Waals surface area contributed by atoms with Gasteiger partial charge in [-0.05, 0) is 24.2 Å². The second-order valence-corrected chi connectivity index (χ2v) is 6.01. The Morgan fingerprint density at radius 3 is 2.45 bits per heavy atom. The van der Waals surface area contributed by atoms with Gasteiger partial charge in [0, 0.05) is 16.6 Å². The molecule has 4 heteroatoms. The van der Waals surface area contributed by atoms with Crippen LogP contribution in [0, 0.1) is 0 Å². The van der Waals surface area contributed by atoms with E-state index >= 15 is 0 Å². The first-order valence-electron chi connectivity index (χ1n) is 3.67. The molecule has 0 nitrogen and oxygen atoms in total. The van der Waals surface area contributed by atoms with Crippen LogP contribution >= 0.6 is 47.9 Å². The van der Waals surface area contributed by atoms with Crippen molar-refractivity contribution in [1.29, 1.82) is 0 Å². The van der Waals surface area contributed by atoms with Gasteiger partial charge in [-0.25, -0.2) is 0 Å². The summed E-state index contributed by atoms with van der Waals surface area (Å²) in [6.45, 7) is 0. The van der Waals surface area contributed by atoms with Crippen molar-refractivity contribution in [1.82, 2.24) is 0 Å². The minimum Gasteiger partial charge on any atom is -0.179 e. The van der Waals surface area contributed by atoms with Gasteiger partial charge >= 0.3 is 0 Å². The van der Waals surface area contributed by atoms with E-state index in [1.54, 1.807) is 0 Å². The Morgan fingerprint density at radius 1 is 1.09 bits per heavy atom. The first-order valence-corrected chi connectivity index (χ1v) is 8.00. The van der Waals surface area contributed by atoms with Gasteiger partial charge in [-0.1, -0.05) is 0 Å². The third-order valence-electron chi connectivity index (χ3n) is 1.05. The van der Waals surface area contributed by atoms with Gasteiger partial charge in [-0.2, -0.15) is 47.9 Å². The molecule has 0 aromatic heterocycles. The molecule has 0 spiro atoms. The van der Waals surface area contributed by atoms with Crippen molar-refractivity contribution in [3.8, 4) is 0 Å². The maximum atomic E-state index is 4.16. The van der Waals surface area contributed by atoms with E-state index in [1.165, 1.54) is 28.8 Å². The van der Waals surface area contributed by atoms with Gasteiger partial charge in [0.25, 0.3) is 0 Å². The zero-order valence-electron chi connectivity index (χ0n) is 6.91. The van der Waals surface area contributed by atoms with Gasteiger partial charge in [-0.3, -0.25) is 0 Å². The summed E-state index contributed by atoms with van der Waals surface area (Å²) < 4.78 is 0. The molecule has 11 heavy (non-hydrogen) atoms. The van der Waals surface area contributed by atoms with Crippen LogP contribution in [-0.4, -0.2) is 34.4 Å². The van der Waals surface area contributed by atoms with E-state index in [4.69, 9.17) is 0 Å². The number of hydrogen-bond acceptors (Lipinski definition) is 4. The minimum atomic E-state index is 1.03. The lowest BCUT2D eigenvalue weighted by Gasteiger charge is -1.99. The highest BCUT2D eigenvalue weighted by Gasteiger charge is 1.89. The highest BCUT2D eigenvalue weighted by Crippen LogP contribution is 2.13. The van der Waals surface area contributed by atoms with Gasteiger partial charge in [0.15, 0.2) is 0 Å². The van der Waals surface area contributed by atoms with Gasteiger partial charge in [0.2, 0.25) is 0 Å². The van der Waals surface area contributed by atoms with Crippen LogP contribution < -0.4 is 0 Å². The largest absolute Gasteiger partial charge is 0.179 e. The molecule has 0 amide bonds. The topological polar surface area (TPSA) is 0 Å². The second-order valence-electron chi connectivity index (χ2n) is 2.00. The Balaban J connectivity index is 2.69. The van der Waals surface area contributed by atoms with Crippen LogP contribution in [0.25, 0.3) is 0 Å². The zero-order chi connectivity index (χ0) is 8.36. The van der Waals surface area contributed by atoms with E-state index in [2.05, 4.69) is 18.9 Å². The fraction of sp³-hybridized carbons (Fsp3) is 1.00. The Bertz CT molecular complexity index is 59.5. The van der Waals surface area contributed by atoms with Crippen molar-refractivity contribution < 1.29 is 0 Å². The van der Waals surface area contributed by atoms with Crippen LogP contribution in [0.2, 0.25) is 0 Å². The Labute approximate surface area is 88.5 Å². The zero-order valence-corrected chi connectivity index (χ0v) is 10.3. The molecule has 0 radical (unpaired) electrons. The molecule has 0 unspecified atom stereocenters. The number of thiol groups is 1. The van der Waals surface area contributed by atoms with Crippen LogP contribution in [0.4, 0.5) is 0 Å². The standard InChI is InChI=1S/C7H16S4/c1-9-5-6-11-7-10-4-2-3-8/h8H,2-7H2,1H3. The van der Waals surface area contributed by atoms with Crippen LogP contribution in [0.1, 0.15) is 6.42 Å². The number of rotatable bonds is 8. The van der Waals surface area contributed by atoms with Gasteiger partial charge in [0.05, 0.1) is 0 Å². The lowest BCUT2D eigenvalue weighted by atomic mass is 10.6. The average molecular weight is 228 g/mol. The molecule has 0 heterocycles. The normalized spacial score (nSPS) is 10.4. The van der Waals surface area contributed by atoms with E-state index in [0.29, 0.717) is 0 Å². The van der Waals surface area contributed by atoms with Crippen molar-refractivity contribution in [2.75, 3.05) is 34.4 Å². The predicted molar refractivity (Wildman–Crippen MR) is 66.6 cm³/mol. The third kappa shape index (κ3) is 11.4. The molecular weight excluding hydrogens is 212 g/mol. The fourth-order valence-corrected chi connectivity index (χ4v) is 3.76. The first kappa shape index (κ1) is 12.4. The van der Waals surface area contributed by atoms with Crippen LogP contribution in [0.3, 0.4) is 0 Å². The number of thioether (sulfide) groups is 3. The second kappa shape index (κ2) is 11.4. The molecule has 0 fully saturated rings. The lowest BCUT2D eigenvalue weighted by molar-refractivity contribution is 1.13. The lowest BCUT2D eigenvalue weighted by Crippen LogP contribution is -1.85. The molecule has 0 aliphatic heterocycles. The molecule has 0 aromatic rings. The molecule has 0 atom stereocenters. The smallest absolute Gasteiger partial charge is 0.0392 e. The van der Waals surface area contributed by atoms with E-state index in [1.807, 2.05) is 35.3 Å². The molecule has 0 saturated carbocycles. The fourth-order valence-electron chi connectivity index (χ4n) is 0.486. The molecular formula is C7H16S4. The monoisotopic (exact) mass is 228 g/mol. The van der Waals surface area contributed by atoms with E-state index < -0.39 is 0 Å². The summed E-state index contributed by atoms with van der Waals surface area (Å²) in [6, 6.07) is 0. The summed E-state index contributed by atoms with van der Waals surface area (Å²) >= 11 is 10.2. The van der Waals surface area contributed by atoms with Crippen molar-refractivity contribution >= 4 is 47.9 Å². The molecule has 0 aromatic carbocycles. The summed E-state index contributed by atoms with van der Waals surface area (Å²) in [5.74, 6) is 4.89. The molecule has 0 rings (SSSR count). The third-order valence-corrected chi connectivity index (χ3v) is 4.64. The van der Waals surface area contributed by atoms with E-state index in [0.717, 1.165) is 5.75 Å². The predicted octanol–water partition coefficient (Wildman–Crippen LogP) is 3.09. The highest BCUT2D eigenvalue weighted by atomic mass is 32.2. The van der Waals surface area contributed by atoms with Crippen LogP contribution in [0.5, 0.6) is 0 Å². The number of hydrogen-bond donors (Lipinski definition) is 1. The van der Waals surface area contributed by atoms with Gasteiger partial charge < -0.3 is 0 Å². The van der Waals surface area contributed by atoms with Crippen LogP contribution in [0.15, 0.2) is 0 Å². The molecule has 0 N–H and O–H groups in total. The minimum absolute atomic E-state index is 1.03. The van der Waals surface area contributed by atoms with E-state index in [-0.39, 0.29) is 0 Å². The Kier molecular flexibility index (Phi) is 12.9. The molecule has 0 aliphatic carbocycles. The van der Waals surface area contributed by atoms with Crippen molar-refractivity contribution in [3.05, 3.63) is 0 Å². The molecule has 68 valence electrons. The molecule has 0 aliphatic rings.